The summed E-state index contributed by atoms with van der Waals surface area (Å²) in [5, 5.41) is 1.91. The van der Waals surface area contributed by atoms with Crippen LogP contribution >= 0.6 is 17.7 Å². The van der Waals surface area contributed by atoms with Crippen LogP contribution < -0.4 is 10.6 Å². The number of rotatable bonds is 1. The van der Waals surface area contributed by atoms with Gasteiger partial charge in [0, 0.05) is 5.30 Å². The average molecular weight is 157 g/mol. The Labute approximate surface area is 57.9 Å². The Kier molecular flexibility index (Phi) is 2.33. The molecule has 2 atom stereocenters. The zero-order valence-electron chi connectivity index (χ0n) is 4.79. The minimum atomic E-state index is -0.342. The van der Waals surface area contributed by atoms with E-state index in [0.29, 0.717) is 0 Å². The average Bonchev–Trinajstić information content (AvgIpc) is 1.89. The van der Waals surface area contributed by atoms with Gasteiger partial charge in [0.2, 0.25) is 0 Å². The van der Waals surface area contributed by atoms with Crippen LogP contribution in [-0.4, -0.2) is 0 Å². The minimum absolute atomic E-state index is 0.342. The molecule has 0 aromatic heterocycles. The largest absolute Gasteiger partial charge is 0.363 e. The normalized spacial score (nSPS) is 9.89. The molecule has 0 spiro atoms. The predicted molar refractivity (Wildman–Crippen MR) is 44.4 cm³/mol. The molecule has 0 aliphatic rings. The highest BCUT2D eigenvalue weighted by molar-refractivity contribution is 7.39. The van der Waals surface area contributed by atoms with Crippen LogP contribution in [0, 0.1) is 0 Å². The summed E-state index contributed by atoms with van der Waals surface area (Å²) >= 11 is 0. The molecule has 0 aliphatic heterocycles. The SMILES string of the molecule is O=[PH+]c1ccccc1P. The molecule has 0 heterocycles. The molecule has 2 unspecified atom stereocenters. The molecule has 0 amide bonds. The molecular weight excluding hydrogens is 150 g/mol. The van der Waals surface area contributed by atoms with E-state index in [-0.39, 0.29) is 8.46 Å². The molecular formula is C6H7OP2+. The van der Waals surface area contributed by atoms with Gasteiger partial charge in [-0.3, -0.25) is 0 Å². The monoisotopic (exact) mass is 157 g/mol. The van der Waals surface area contributed by atoms with Gasteiger partial charge < -0.3 is 0 Å². The topological polar surface area (TPSA) is 17.1 Å². The third-order valence-electron chi connectivity index (χ3n) is 1.07. The Morgan fingerprint density at radius 3 is 2.44 bits per heavy atom. The van der Waals surface area contributed by atoms with Crippen LogP contribution in [0.3, 0.4) is 0 Å². The molecule has 9 heavy (non-hydrogen) atoms. The van der Waals surface area contributed by atoms with E-state index in [9.17, 15) is 4.57 Å². The Morgan fingerprint density at radius 2 is 2.00 bits per heavy atom. The summed E-state index contributed by atoms with van der Waals surface area (Å²) in [6.07, 6.45) is 0. The lowest BCUT2D eigenvalue weighted by atomic mass is 10.4. The Balaban J connectivity index is 3.15. The third kappa shape index (κ3) is 1.58. The highest BCUT2D eigenvalue weighted by Crippen LogP contribution is 1.95. The van der Waals surface area contributed by atoms with Crippen LogP contribution in [0.5, 0.6) is 0 Å². The van der Waals surface area contributed by atoms with Gasteiger partial charge in [0.1, 0.15) is 0 Å². The van der Waals surface area contributed by atoms with Crippen LogP contribution in [-0.2, 0) is 4.57 Å². The zero-order valence-corrected chi connectivity index (χ0v) is 6.95. The van der Waals surface area contributed by atoms with Crippen molar-refractivity contribution in [3.8, 4) is 0 Å². The highest BCUT2D eigenvalue weighted by Gasteiger charge is 2.00. The van der Waals surface area contributed by atoms with Gasteiger partial charge in [-0.15, -0.1) is 9.24 Å². The van der Waals surface area contributed by atoms with Gasteiger partial charge in [0.25, 0.3) is 0 Å². The molecule has 3 heteroatoms. The van der Waals surface area contributed by atoms with Crippen LogP contribution in [0.15, 0.2) is 24.3 Å². The Morgan fingerprint density at radius 1 is 1.33 bits per heavy atom. The number of hydrogen-bond donors (Lipinski definition) is 0. The van der Waals surface area contributed by atoms with Gasteiger partial charge in [-0.25, -0.2) is 0 Å². The van der Waals surface area contributed by atoms with Crippen LogP contribution in [0.25, 0.3) is 0 Å². The van der Waals surface area contributed by atoms with Crippen molar-refractivity contribution in [2.75, 3.05) is 0 Å². The maximum absolute atomic E-state index is 10.4. The zero-order chi connectivity index (χ0) is 6.69. The van der Waals surface area contributed by atoms with Crippen molar-refractivity contribution in [1.29, 1.82) is 0 Å². The summed E-state index contributed by atoms with van der Waals surface area (Å²) in [4.78, 5) is 0. The van der Waals surface area contributed by atoms with Crippen molar-refractivity contribution in [2.45, 2.75) is 0 Å². The molecule has 0 bridgehead atoms. The molecule has 1 nitrogen and oxygen atoms in total. The van der Waals surface area contributed by atoms with Gasteiger partial charge in [0.05, 0.1) is 0 Å². The summed E-state index contributed by atoms with van der Waals surface area (Å²) < 4.78 is 10.4. The lowest BCUT2D eigenvalue weighted by Crippen LogP contribution is -2.09. The van der Waals surface area contributed by atoms with E-state index in [1.54, 1.807) is 0 Å². The Hall–Kier alpha value is -0.250. The van der Waals surface area contributed by atoms with Crippen molar-refractivity contribution in [3.63, 3.8) is 0 Å². The van der Waals surface area contributed by atoms with Crippen LogP contribution in [0.4, 0.5) is 0 Å². The van der Waals surface area contributed by atoms with Gasteiger partial charge >= 0.3 is 8.46 Å². The molecule has 0 radical (unpaired) electrons. The van der Waals surface area contributed by atoms with Crippen LogP contribution in [0.1, 0.15) is 0 Å². The van der Waals surface area contributed by atoms with Crippen molar-refractivity contribution in [3.05, 3.63) is 24.3 Å². The lowest BCUT2D eigenvalue weighted by Gasteiger charge is -1.85. The molecule has 0 fully saturated rings. The smallest absolute Gasteiger partial charge is 0.101 e. The minimum Gasteiger partial charge on any atom is -0.101 e. The third-order valence-corrected chi connectivity index (χ3v) is 2.54. The molecule has 1 aromatic carbocycles. The predicted octanol–water partition coefficient (Wildman–Crippen LogP) is 0.836. The van der Waals surface area contributed by atoms with Gasteiger partial charge in [-0.1, -0.05) is 22.8 Å². The molecule has 0 N–H and O–H groups in total. The standard InChI is InChI=1S/C6H6OP2/c7-9-6-4-2-1-3-5(6)8/h1-4H,8H2/p+1. The first kappa shape index (κ1) is 6.86. The first-order chi connectivity index (χ1) is 4.34. The first-order valence-corrected chi connectivity index (χ1v) is 4.06. The maximum atomic E-state index is 10.4. The second-order valence-corrected chi connectivity index (χ2v) is 3.05. The van der Waals surface area contributed by atoms with E-state index in [4.69, 9.17) is 0 Å². The summed E-state index contributed by atoms with van der Waals surface area (Å²) in [6, 6.07) is 7.58. The first-order valence-electron chi connectivity index (χ1n) is 2.57. The van der Waals surface area contributed by atoms with Crippen molar-refractivity contribution in [1.82, 2.24) is 0 Å². The van der Waals surface area contributed by atoms with Crippen molar-refractivity contribution in [2.24, 2.45) is 0 Å². The van der Waals surface area contributed by atoms with E-state index in [0.717, 1.165) is 10.6 Å². The number of hydrogen-bond acceptors (Lipinski definition) is 1. The van der Waals surface area contributed by atoms with Gasteiger partial charge in [-0.05, 0) is 6.07 Å². The van der Waals surface area contributed by atoms with E-state index in [2.05, 4.69) is 9.24 Å². The van der Waals surface area contributed by atoms with Crippen molar-refractivity contribution >= 4 is 28.3 Å². The molecule has 0 aliphatic carbocycles. The van der Waals surface area contributed by atoms with E-state index in [1.165, 1.54) is 0 Å². The molecule has 46 valence electrons. The van der Waals surface area contributed by atoms with Gasteiger partial charge in [-0.2, -0.15) is 0 Å². The summed E-state index contributed by atoms with van der Waals surface area (Å²) in [6.45, 7) is 0. The molecule has 1 aromatic rings. The van der Waals surface area contributed by atoms with Crippen molar-refractivity contribution < 1.29 is 4.57 Å². The second-order valence-electron chi connectivity index (χ2n) is 1.69. The molecule has 1 rings (SSSR count). The number of benzene rings is 1. The summed E-state index contributed by atoms with van der Waals surface area (Å²) in [5.41, 5.74) is 0. The summed E-state index contributed by atoms with van der Waals surface area (Å²) in [7, 11) is 2.20. The van der Waals surface area contributed by atoms with Crippen LogP contribution in [0.2, 0.25) is 0 Å². The fourth-order valence-corrected chi connectivity index (χ4v) is 1.34. The summed E-state index contributed by atoms with van der Waals surface area (Å²) in [5.74, 6) is 0. The van der Waals surface area contributed by atoms with E-state index < -0.39 is 0 Å². The van der Waals surface area contributed by atoms with E-state index in [1.807, 2.05) is 24.3 Å². The maximum Gasteiger partial charge on any atom is 0.363 e. The fraction of sp³-hybridized carbons (Fsp3) is 0. The highest BCUT2D eigenvalue weighted by atomic mass is 31.1. The Bertz CT molecular complexity index is 222. The fourth-order valence-electron chi connectivity index (χ4n) is 0.590. The second kappa shape index (κ2) is 3.06. The van der Waals surface area contributed by atoms with Gasteiger partial charge in [0.15, 0.2) is 5.30 Å². The quantitative estimate of drug-likeness (QED) is 0.552. The lowest BCUT2D eigenvalue weighted by molar-refractivity contribution is 0.603. The van der Waals surface area contributed by atoms with E-state index >= 15 is 0 Å². The molecule has 0 saturated carbocycles. The molecule has 0 saturated heterocycles.